The third-order valence-electron chi connectivity index (χ3n) is 4.51. The molecule has 0 radical (unpaired) electrons. The van der Waals surface area contributed by atoms with E-state index in [4.69, 9.17) is 0 Å². The molecule has 1 aromatic rings. The van der Waals surface area contributed by atoms with E-state index in [9.17, 15) is 9.59 Å². The number of nitrogens with one attached hydrogen (secondary N) is 1. The minimum atomic E-state index is -0.0150. The van der Waals surface area contributed by atoms with Crippen LogP contribution in [-0.4, -0.2) is 39.6 Å². The summed E-state index contributed by atoms with van der Waals surface area (Å²) in [6.07, 6.45) is 5.28. The molecule has 1 aliphatic carbocycles. The first-order valence-corrected chi connectivity index (χ1v) is 8.19. The van der Waals surface area contributed by atoms with E-state index in [1.165, 1.54) is 0 Å². The van der Waals surface area contributed by atoms with Crippen LogP contribution in [-0.2, 0) is 9.59 Å². The Bertz CT molecular complexity index is 554. The molecule has 22 heavy (non-hydrogen) atoms. The highest BCUT2D eigenvalue weighted by atomic mass is 16.2. The normalized spacial score (nSPS) is 19.5. The number of rotatable bonds is 4. The number of amides is 2. The van der Waals surface area contributed by atoms with Gasteiger partial charge >= 0.3 is 0 Å². The lowest BCUT2D eigenvalue weighted by atomic mass is 9.95. The summed E-state index contributed by atoms with van der Waals surface area (Å²) in [6.45, 7) is 5.48. The maximum Gasteiger partial charge on any atom is 0.228 e. The summed E-state index contributed by atoms with van der Waals surface area (Å²) < 4.78 is 1.81. The van der Waals surface area contributed by atoms with Gasteiger partial charge in [0.25, 0.3) is 0 Å². The molecule has 0 unspecified atom stereocenters. The van der Waals surface area contributed by atoms with Gasteiger partial charge in [-0.15, -0.1) is 0 Å². The van der Waals surface area contributed by atoms with Crippen LogP contribution in [0.5, 0.6) is 0 Å². The number of hydrogen-bond acceptors (Lipinski definition) is 3. The third-order valence-corrected chi connectivity index (χ3v) is 4.51. The first kappa shape index (κ1) is 15.1. The van der Waals surface area contributed by atoms with Gasteiger partial charge in [-0.05, 0) is 39.5 Å². The van der Waals surface area contributed by atoms with Crippen molar-refractivity contribution in [3.63, 3.8) is 0 Å². The van der Waals surface area contributed by atoms with Crippen LogP contribution in [0.1, 0.15) is 45.6 Å². The Morgan fingerprint density at radius 1 is 1.18 bits per heavy atom. The molecule has 1 saturated heterocycles. The second-order valence-electron chi connectivity index (χ2n) is 6.62. The molecule has 0 atom stereocenters. The van der Waals surface area contributed by atoms with Crippen LogP contribution in [0.4, 0.5) is 5.82 Å². The zero-order chi connectivity index (χ0) is 15.7. The van der Waals surface area contributed by atoms with Gasteiger partial charge in [-0.3, -0.25) is 9.59 Å². The average molecular weight is 304 g/mol. The molecule has 1 aliphatic heterocycles. The largest absolute Gasteiger partial charge is 0.342 e. The Kier molecular flexibility index (Phi) is 4.18. The summed E-state index contributed by atoms with van der Waals surface area (Å²) in [4.78, 5) is 26.4. The lowest BCUT2D eigenvalue weighted by Crippen LogP contribution is -2.42. The van der Waals surface area contributed by atoms with E-state index in [2.05, 4.69) is 10.4 Å². The summed E-state index contributed by atoms with van der Waals surface area (Å²) in [5.41, 5.74) is 0. The van der Waals surface area contributed by atoms with E-state index in [0.717, 1.165) is 31.5 Å². The lowest BCUT2D eigenvalue weighted by molar-refractivity contribution is -0.135. The van der Waals surface area contributed by atoms with Crippen molar-refractivity contribution in [1.82, 2.24) is 14.7 Å². The molecular formula is C16H24N4O2. The molecule has 0 bridgehead atoms. The standard InChI is InChI=1S/C16H24N4O2/c1-11(2)20-14(5-8-17-20)18-15(21)12-6-9-19(10-7-12)16(22)13-3-4-13/h5,8,11-13H,3-4,6-7,9-10H2,1-2H3,(H,18,21). The molecule has 2 fully saturated rings. The molecule has 2 amide bonds. The fourth-order valence-corrected chi connectivity index (χ4v) is 3.00. The quantitative estimate of drug-likeness (QED) is 0.925. The zero-order valence-electron chi connectivity index (χ0n) is 13.3. The van der Waals surface area contributed by atoms with Gasteiger partial charge in [0.15, 0.2) is 0 Å². The molecule has 2 aliphatic rings. The topological polar surface area (TPSA) is 67.2 Å². The van der Waals surface area contributed by atoms with Crippen molar-refractivity contribution in [1.29, 1.82) is 0 Å². The van der Waals surface area contributed by atoms with Crippen molar-refractivity contribution in [2.24, 2.45) is 11.8 Å². The van der Waals surface area contributed by atoms with Gasteiger partial charge in [-0.25, -0.2) is 4.68 Å². The Morgan fingerprint density at radius 3 is 2.45 bits per heavy atom. The molecule has 1 aromatic heterocycles. The second kappa shape index (κ2) is 6.10. The molecule has 0 spiro atoms. The minimum Gasteiger partial charge on any atom is -0.342 e. The molecular weight excluding hydrogens is 280 g/mol. The van der Waals surface area contributed by atoms with Crippen molar-refractivity contribution in [2.45, 2.75) is 45.6 Å². The van der Waals surface area contributed by atoms with E-state index in [-0.39, 0.29) is 29.7 Å². The van der Waals surface area contributed by atoms with Gasteiger partial charge in [0.1, 0.15) is 5.82 Å². The number of aromatic nitrogens is 2. The summed E-state index contributed by atoms with van der Waals surface area (Å²) in [5, 5.41) is 7.20. The molecule has 6 heteroatoms. The first-order valence-electron chi connectivity index (χ1n) is 8.19. The van der Waals surface area contributed by atoms with Gasteiger partial charge in [0, 0.05) is 37.0 Å². The summed E-state index contributed by atoms with van der Waals surface area (Å²) in [7, 11) is 0. The number of carbonyl (C=O) groups is 2. The number of likely N-dealkylation sites (tertiary alicyclic amines) is 1. The van der Waals surface area contributed by atoms with Crippen LogP contribution in [0.15, 0.2) is 12.3 Å². The van der Waals surface area contributed by atoms with E-state index in [1.807, 2.05) is 29.5 Å². The molecule has 2 heterocycles. The Morgan fingerprint density at radius 2 is 1.86 bits per heavy atom. The van der Waals surface area contributed by atoms with E-state index in [0.29, 0.717) is 13.1 Å². The monoisotopic (exact) mass is 304 g/mol. The summed E-state index contributed by atoms with van der Waals surface area (Å²) >= 11 is 0. The smallest absolute Gasteiger partial charge is 0.228 e. The van der Waals surface area contributed by atoms with Crippen LogP contribution in [0, 0.1) is 11.8 Å². The van der Waals surface area contributed by atoms with Crippen molar-refractivity contribution in [2.75, 3.05) is 18.4 Å². The number of piperidine rings is 1. The summed E-state index contributed by atoms with van der Waals surface area (Å²) in [5.74, 6) is 1.33. The van der Waals surface area contributed by atoms with E-state index in [1.54, 1.807) is 6.20 Å². The average Bonchev–Trinajstić information content (AvgIpc) is 3.26. The van der Waals surface area contributed by atoms with Crippen molar-refractivity contribution in [3.8, 4) is 0 Å². The summed E-state index contributed by atoms with van der Waals surface area (Å²) in [6, 6.07) is 2.03. The maximum atomic E-state index is 12.4. The molecule has 120 valence electrons. The van der Waals surface area contributed by atoms with Gasteiger partial charge in [0.2, 0.25) is 11.8 Å². The van der Waals surface area contributed by atoms with Gasteiger partial charge in [-0.2, -0.15) is 5.10 Å². The number of nitrogens with zero attached hydrogens (tertiary/aromatic N) is 3. The van der Waals surface area contributed by atoms with E-state index < -0.39 is 0 Å². The second-order valence-corrected chi connectivity index (χ2v) is 6.62. The van der Waals surface area contributed by atoms with Crippen LogP contribution >= 0.6 is 0 Å². The van der Waals surface area contributed by atoms with Crippen molar-refractivity contribution >= 4 is 17.6 Å². The third kappa shape index (κ3) is 3.15. The minimum absolute atomic E-state index is 0.0150. The fraction of sp³-hybridized carbons (Fsp3) is 0.688. The van der Waals surface area contributed by atoms with Crippen molar-refractivity contribution in [3.05, 3.63) is 12.3 Å². The van der Waals surface area contributed by atoms with Gasteiger partial charge in [0.05, 0.1) is 6.20 Å². The van der Waals surface area contributed by atoms with Crippen molar-refractivity contribution < 1.29 is 9.59 Å². The fourth-order valence-electron chi connectivity index (χ4n) is 3.00. The van der Waals surface area contributed by atoms with Gasteiger partial charge in [-0.1, -0.05) is 0 Å². The predicted octanol–water partition coefficient (Wildman–Crippen LogP) is 2.05. The molecule has 1 saturated carbocycles. The lowest BCUT2D eigenvalue weighted by Gasteiger charge is -2.31. The van der Waals surface area contributed by atoms with Crippen LogP contribution in [0.2, 0.25) is 0 Å². The van der Waals surface area contributed by atoms with E-state index >= 15 is 0 Å². The Balaban J connectivity index is 1.53. The van der Waals surface area contributed by atoms with Crippen LogP contribution in [0.3, 0.4) is 0 Å². The van der Waals surface area contributed by atoms with Gasteiger partial charge < -0.3 is 10.2 Å². The molecule has 6 nitrogen and oxygen atoms in total. The molecule has 0 aromatic carbocycles. The predicted molar refractivity (Wildman–Crippen MR) is 83.3 cm³/mol. The highest BCUT2D eigenvalue weighted by molar-refractivity contribution is 5.92. The number of anilines is 1. The number of hydrogen-bond donors (Lipinski definition) is 1. The molecule has 1 N–H and O–H groups in total. The highest BCUT2D eigenvalue weighted by Crippen LogP contribution is 2.32. The van der Waals surface area contributed by atoms with Crippen LogP contribution < -0.4 is 5.32 Å². The molecule has 3 rings (SSSR count). The zero-order valence-corrected chi connectivity index (χ0v) is 13.3. The Hall–Kier alpha value is -1.85. The van der Waals surface area contributed by atoms with Crippen LogP contribution in [0.25, 0.3) is 0 Å². The Labute approximate surface area is 130 Å². The number of carbonyl (C=O) groups excluding carboxylic acids is 2. The highest BCUT2D eigenvalue weighted by Gasteiger charge is 2.36. The SMILES string of the molecule is CC(C)n1nccc1NC(=O)C1CCN(C(=O)C2CC2)CC1. The first-order chi connectivity index (χ1) is 10.6. The maximum absolute atomic E-state index is 12.4.